The second-order valence-electron chi connectivity index (χ2n) is 4.49. The molecule has 0 saturated heterocycles. The zero-order chi connectivity index (χ0) is 13.0. The van der Waals surface area contributed by atoms with Gasteiger partial charge in [-0.3, -0.25) is 0 Å². The van der Waals surface area contributed by atoms with E-state index in [0.717, 1.165) is 10.4 Å². The SMILES string of the molecule is Cc1cc(CN=C(N(C)C)N(C)C)ccc1Br. The minimum absolute atomic E-state index is 0.708. The van der Waals surface area contributed by atoms with Crippen LogP contribution >= 0.6 is 15.9 Å². The van der Waals surface area contributed by atoms with Crippen LogP contribution in [0.15, 0.2) is 27.7 Å². The highest BCUT2D eigenvalue weighted by Crippen LogP contribution is 2.17. The number of hydrogen-bond donors (Lipinski definition) is 0. The summed E-state index contributed by atoms with van der Waals surface area (Å²) in [6.45, 7) is 2.80. The second-order valence-corrected chi connectivity index (χ2v) is 5.34. The van der Waals surface area contributed by atoms with E-state index in [9.17, 15) is 0 Å². The van der Waals surface area contributed by atoms with Crippen molar-refractivity contribution < 1.29 is 0 Å². The Bertz CT molecular complexity index is 401. The molecule has 0 atom stereocenters. The topological polar surface area (TPSA) is 18.8 Å². The van der Waals surface area contributed by atoms with Gasteiger partial charge in [-0.2, -0.15) is 0 Å². The molecule has 0 spiro atoms. The summed E-state index contributed by atoms with van der Waals surface area (Å²) in [4.78, 5) is 8.66. The Hall–Kier alpha value is -1.03. The number of rotatable bonds is 2. The summed E-state index contributed by atoms with van der Waals surface area (Å²) in [5.74, 6) is 0.977. The van der Waals surface area contributed by atoms with Gasteiger partial charge in [-0.25, -0.2) is 4.99 Å². The smallest absolute Gasteiger partial charge is 0.195 e. The Morgan fingerprint density at radius 3 is 2.24 bits per heavy atom. The third-order valence-electron chi connectivity index (χ3n) is 2.43. The fourth-order valence-electron chi connectivity index (χ4n) is 1.65. The molecule has 17 heavy (non-hydrogen) atoms. The van der Waals surface area contributed by atoms with E-state index in [-0.39, 0.29) is 0 Å². The van der Waals surface area contributed by atoms with Crippen LogP contribution in [0.4, 0.5) is 0 Å². The van der Waals surface area contributed by atoms with Crippen molar-refractivity contribution in [2.24, 2.45) is 4.99 Å². The van der Waals surface area contributed by atoms with Crippen molar-refractivity contribution in [3.63, 3.8) is 0 Å². The molecule has 0 bridgehead atoms. The van der Waals surface area contributed by atoms with Crippen LogP contribution in [0.1, 0.15) is 11.1 Å². The van der Waals surface area contributed by atoms with Gasteiger partial charge in [0.2, 0.25) is 0 Å². The first kappa shape index (κ1) is 14.0. The highest BCUT2D eigenvalue weighted by atomic mass is 79.9. The highest BCUT2D eigenvalue weighted by molar-refractivity contribution is 9.10. The molecule has 0 aliphatic heterocycles. The molecule has 0 unspecified atom stereocenters. The third kappa shape index (κ3) is 4.04. The van der Waals surface area contributed by atoms with Gasteiger partial charge in [-0.05, 0) is 24.1 Å². The summed E-state index contributed by atoms with van der Waals surface area (Å²) in [7, 11) is 8.02. The molecule has 0 saturated carbocycles. The standard InChI is InChI=1S/C13H20BrN3/c1-10-8-11(6-7-12(10)14)9-15-13(16(2)3)17(4)5/h6-8H,9H2,1-5H3. The Labute approximate surface area is 112 Å². The van der Waals surface area contributed by atoms with Gasteiger partial charge >= 0.3 is 0 Å². The lowest BCUT2D eigenvalue weighted by Gasteiger charge is -2.22. The molecule has 0 radical (unpaired) electrons. The monoisotopic (exact) mass is 297 g/mol. The maximum atomic E-state index is 4.62. The number of aryl methyl sites for hydroxylation is 1. The molecule has 0 fully saturated rings. The molecule has 0 amide bonds. The second kappa shape index (κ2) is 6.05. The first-order valence-corrected chi connectivity index (χ1v) is 6.35. The normalized spacial score (nSPS) is 10.0. The summed E-state index contributed by atoms with van der Waals surface area (Å²) in [6.07, 6.45) is 0. The zero-order valence-electron chi connectivity index (χ0n) is 11.2. The van der Waals surface area contributed by atoms with Gasteiger partial charge < -0.3 is 9.80 Å². The summed E-state index contributed by atoms with van der Waals surface area (Å²) >= 11 is 3.50. The minimum Gasteiger partial charge on any atom is -0.349 e. The average molecular weight is 298 g/mol. The molecule has 1 aromatic rings. The van der Waals surface area contributed by atoms with Gasteiger partial charge in [-0.15, -0.1) is 0 Å². The van der Waals surface area contributed by atoms with E-state index in [1.54, 1.807) is 0 Å². The van der Waals surface area contributed by atoms with Crippen molar-refractivity contribution in [3.05, 3.63) is 33.8 Å². The number of nitrogens with zero attached hydrogens (tertiary/aromatic N) is 3. The van der Waals surface area contributed by atoms with E-state index in [1.165, 1.54) is 11.1 Å². The fourth-order valence-corrected chi connectivity index (χ4v) is 1.90. The van der Waals surface area contributed by atoms with E-state index >= 15 is 0 Å². The highest BCUT2D eigenvalue weighted by Gasteiger charge is 2.04. The molecule has 0 aromatic heterocycles. The van der Waals surface area contributed by atoms with Crippen molar-refractivity contribution in [1.29, 1.82) is 0 Å². The van der Waals surface area contributed by atoms with Gasteiger partial charge in [0.15, 0.2) is 5.96 Å². The Morgan fingerprint density at radius 2 is 1.76 bits per heavy atom. The molecular weight excluding hydrogens is 278 g/mol. The van der Waals surface area contributed by atoms with Gasteiger partial charge in [0.1, 0.15) is 0 Å². The van der Waals surface area contributed by atoms with E-state index < -0.39 is 0 Å². The molecule has 0 N–H and O–H groups in total. The molecule has 0 aliphatic carbocycles. The number of guanidine groups is 1. The van der Waals surface area contributed by atoms with Gasteiger partial charge in [0, 0.05) is 32.7 Å². The van der Waals surface area contributed by atoms with Crippen LogP contribution in [0.5, 0.6) is 0 Å². The maximum Gasteiger partial charge on any atom is 0.195 e. The van der Waals surface area contributed by atoms with Crippen molar-refractivity contribution in [1.82, 2.24) is 9.80 Å². The average Bonchev–Trinajstić information content (AvgIpc) is 2.22. The van der Waals surface area contributed by atoms with E-state index in [4.69, 9.17) is 0 Å². The summed E-state index contributed by atoms with van der Waals surface area (Å²) in [5.41, 5.74) is 2.47. The van der Waals surface area contributed by atoms with Crippen molar-refractivity contribution in [2.75, 3.05) is 28.2 Å². The van der Waals surface area contributed by atoms with Crippen molar-refractivity contribution in [2.45, 2.75) is 13.5 Å². The van der Waals surface area contributed by atoms with Gasteiger partial charge in [-0.1, -0.05) is 28.1 Å². The van der Waals surface area contributed by atoms with Gasteiger partial charge in [0.05, 0.1) is 6.54 Å². The van der Waals surface area contributed by atoms with Gasteiger partial charge in [0.25, 0.3) is 0 Å². The number of hydrogen-bond acceptors (Lipinski definition) is 1. The maximum absolute atomic E-state index is 4.62. The number of aliphatic imine (C=N–C) groups is 1. The molecule has 4 heteroatoms. The summed E-state index contributed by atoms with van der Waals surface area (Å²) < 4.78 is 1.14. The van der Waals surface area contributed by atoms with Crippen LogP contribution in [0.25, 0.3) is 0 Å². The van der Waals surface area contributed by atoms with Crippen LogP contribution < -0.4 is 0 Å². The van der Waals surface area contributed by atoms with Crippen LogP contribution in [0.3, 0.4) is 0 Å². The first-order chi connectivity index (χ1) is 7.91. The molecular formula is C13H20BrN3. The molecule has 0 heterocycles. The Balaban J connectivity index is 2.83. The minimum atomic E-state index is 0.708. The third-order valence-corrected chi connectivity index (χ3v) is 3.32. The quantitative estimate of drug-likeness (QED) is 0.617. The molecule has 0 aliphatic rings. The Morgan fingerprint density at radius 1 is 1.18 bits per heavy atom. The molecule has 1 aromatic carbocycles. The predicted octanol–water partition coefficient (Wildman–Crippen LogP) is 2.74. The van der Waals surface area contributed by atoms with E-state index in [2.05, 4.69) is 46.0 Å². The van der Waals surface area contributed by atoms with Crippen LogP contribution in [0.2, 0.25) is 0 Å². The Kier molecular flexibility index (Phi) is 5.00. The largest absolute Gasteiger partial charge is 0.349 e. The molecule has 94 valence electrons. The molecule has 1 rings (SSSR count). The number of halogens is 1. The number of benzene rings is 1. The lowest BCUT2D eigenvalue weighted by atomic mass is 10.1. The van der Waals surface area contributed by atoms with Crippen LogP contribution in [0, 0.1) is 6.92 Å². The zero-order valence-corrected chi connectivity index (χ0v) is 12.7. The van der Waals surface area contributed by atoms with E-state index in [1.807, 2.05) is 38.0 Å². The summed E-state index contributed by atoms with van der Waals surface area (Å²) in [6, 6.07) is 6.34. The summed E-state index contributed by atoms with van der Waals surface area (Å²) in [5, 5.41) is 0. The van der Waals surface area contributed by atoms with E-state index in [0.29, 0.717) is 6.54 Å². The molecule has 3 nitrogen and oxygen atoms in total. The van der Waals surface area contributed by atoms with Crippen molar-refractivity contribution >= 4 is 21.9 Å². The lowest BCUT2D eigenvalue weighted by molar-refractivity contribution is 0.479. The van der Waals surface area contributed by atoms with Crippen molar-refractivity contribution in [3.8, 4) is 0 Å². The predicted molar refractivity (Wildman–Crippen MR) is 77.4 cm³/mol. The first-order valence-electron chi connectivity index (χ1n) is 5.56. The van der Waals surface area contributed by atoms with Crippen LogP contribution in [-0.4, -0.2) is 44.0 Å². The lowest BCUT2D eigenvalue weighted by Crippen LogP contribution is -2.35. The fraction of sp³-hybridized carbons (Fsp3) is 0.462. The van der Waals surface area contributed by atoms with Crippen LogP contribution in [-0.2, 0) is 6.54 Å².